The van der Waals surface area contributed by atoms with E-state index in [0.717, 1.165) is 19.3 Å². The van der Waals surface area contributed by atoms with E-state index >= 15 is 0 Å². The largest absolute Gasteiger partial charge is 0.484 e. The summed E-state index contributed by atoms with van der Waals surface area (Å²) in [6.45, 7) is 10.4. The minimum atomic E-state index is -0.618. The van der Waals surface area contributed by atoms with Crippen LogP contribution < -0.4 is 4.74 Å². The van der Waals surface area contributed by atoms with Gasteiger partial charge in [-0.25, -0.2) is 0 Å². The monoisotopic (exact) mass is 475 g/mol. The van der Waals surface area contributed by atoms with Crippen molar-refractivity contribution in [2.24, 2.45) is 0 Å². The van der Waals surface area contributed by atoms with Crippen molar-refractivity contribution in [3.05, 3.63) is 29.8 Å². The van der Waals surface area contributed by atoms with Gasteiger partial charge in [-0.1, -0.05) is 0 Å². The first-order valence-corrected chi connectivity index (χ1v) is 12.1. The fourth-order valence-electron chi connectivity index (χ4n) is 4.11. The van der Waals surface area contributed by atoms with Gasteiger partial charge >= 0.3 is 5.97 Å². The molecule has 2 amide bonds. The van der Waals surface area contributed by atoms with Crippen LogP contribution in [0.4, 0.5) is 0 Å². The van der Waals surface area contributed by atoms with Crippen LogP contribution in [-0.4, -0.2) is 90.5 Å². The average Bonchev–Trinajstić information content (AvgIpc) is 2.73. The molecule has 1 aliphatic heterocycles. The average molecular weight is 476 g/mol. The summed E-state index contributed by atoms with van der Waals surface area (Å²) in [5.74, 6) is -0.202. The number of rotatable bonds is 9. The Hall–Kier alpha value is -2.61. The Bertz CT molecular complexity index is 822. The minimum absolute atomic E-state index is 0.0212. The van der Waals surface area contributed by atoms with Crippen molar-refractivity contribution in [1.82, 2.24) is 14.7 Å². The standard InChI is InChI=1S/C26H41N3O5/c1-19-9-8-10-20(2)29(19)23(30)18-33-22-13-11-21(12-14-22)25(32)28(16-15-27(6)7)17-24(31)34-26(3,4)5/h11-14,19-20H,8-10,15-18H2,1-7H3. The van der Waals surface area contributed by atoms with Crippen LogP contribution in [0.1, 0.15) is 64.2 Å². The van der Waals surface area contributed by atoms with Gasteiger partial charge in [-0.05, 0) is 92.2 Å². The Morgan fingerprint density at radius 2 is 1.59 bits per heavy atom. The molecule has 1 heterocycles. The zero-order chi connectivity index (χ0) is 25.5. The highest BCUT2D eigenvalue weighted by Gasteiger charge is 2.29. The molecule has 34 heavy (non-hydrogen) atoms. The van der Waals surface area contributed by atoms with Crippen molar-refractivity contribution in [3.8, 4) is 5.75 Å². The highest BCUT2D eigenvalue weighted by Crippen LogP contribution is 2.23. The number of esters is 1. The molecule has 0 spiro atoms. The molecule has 1 aromatic rings. The maximum Gasteiger partial charge on any atom is 0.326 e. The van der Waals surface area contributed by atoms with Gasteiger partial charge in [0.1, 0.15) is 17.9 Å². The Balaban J connectivity index is 2.00. The van der Waals surface area contributed by atoms with Crippen molar-refractivity contribution >= 4 is 17.8 Å². The van der Waals surface area contributed by atoms with Gasteiger partial charge in [-0.3, -0.25) is 14.4 Å². The highest BCUT2D eigenvalue weighted by molar-refractivity contribution is 5.96. The van der Waals surface area contributed by atoms with Gasteiger partial charge in [0.05, 0.1) is 0 Å². The molecule has 0 aromatic heterocycles. The number of likely N-dealkylation sites (tertiary alicyclic amines) is 1. The van der Waals surface area contributed by atoms with Gasteiger partial charge < -0.3 is 24.2 Å². The zero-order valence-corrected chi connectivity index (χ0v) is 21.8. The quantitative estimate of drug-likeness (QED) is 0.511. The van der Waals surface area contributed by atoms with Crippen LogP contribution in [0, 0.1) is 0 Å². The van der Waals surface area contributed by atoms with Gasteiger partial charge in [0.15, 0.2) is 6.61 Å². The van der Waals surface area contributed by atoms with Gasteiger partial charge in [0.2, 0.25) is 0 Å². The molecular weight excluding hydrogens is 434 g/mol. The molecule has 0 N–H and O–H groups in total. The number of benzene rings is 1. The summed E-state index contributed by atoms with van der Waals surface area (Å²) in [6.07, 6.45) is 3.17. The van der Waals surface area contributed by atoms with Gasteiger partial charge in [-0.2, -0.15) is 0 Å². The fourth-order valence-corrected chi connectivity index (χ4v) is 4.11. The lowest BCUT2D eigenvalue weighted by Gasteiger charge is -2.38. The third kappa shape index (κ3) is 8.63. The molecule has 2 atom stereocenters. The summed E-state index contributed by atoms with van der Waals surface area (Å²) in [4.78, 5) is 43.5. The van der Waals surface area contributed by atoms with E-state index in [-0.39, 0.29) is 37.0 Å². The first kappa shape index (κ1) is 27.6. The maximum atomic E-state index is 13.1. The number of ether oxygens (including phenoxy) is 2. The van der Waals surface area contributed by atoms with Crippen molar-refractivity contribution < 1.29 is 23.9 Å². The lowest BCUT2D eigenvalue weighted by molar-refractivity contribution is -0.155. The van der Waals surface area contributed by atoms with E-state index in [1.165, 1.54) is 4.90 Å². The van der Waals surface area contributed by atoms with Crippen molar-refractivity contribution in [2.75, 3.05) is 40.3 Å². The maximum absolute atomic E-state index is 13.1. The van der Waals surface area contributed by atoms with Gasteiger partial charge in [-0.15, -0.1) is 0 Å². The lowest BCUT2D eigenvalue weighted by Crippen LogP contribution is -2.49. The minimum Gasteiger partial charge on any atom is -0.484 e. The van der Waals surface area contributed by atoms with Crippen LogP contribution >= 0.6 is 0 Å². The second kappa shape index (κ2) is 12.2. The Morgan fingerprint density at radius 3 is 2.12 bits per heavy atom. The summed E-state index contributed by atoms with van der Waals surface area (Å²) >= 11 is 0. The Morgan fingerprint density at radius 1 is 1.00 bits per heavy atom. The molecule has 8 heteroatoms. The molecule has 1 aromatic carbocycles. The van der Waals surface area contributed by atoms with E-state index in [9.17, 15) is 14.4 Å². The second-order valence-electron chi connectivity index (χ2n) is 10.4. The summed E-state index contributed by atoms with van der Waals surface area (Å²) in [5.41, 5.74) is -0.174. The second-order valence-corrected chi connectivity index (χ2v) is 10.4. The van der Waals surface area contributed by atoms with Gasteiger partial charge in [0.25, 0.3) is 11.8 Å². The smallest absolute Gasteiger partial charge is 0.326 e. The molecule has 1 fully saturated rings. The van der Waals surface area contributed by atoms with Crippen molar-refractivity contribution in [2.45, 2.75) is 71.6 Å². The Labute approximate surface area is 204 Å². The molecular formula is C26H41N3O5. The number of likely N-dealkylation sites (N-methyl/N-ethyl adjacent to an activating group) is 1. The predicted molar refractivity (Wildman–Crippen MR) is 132 cm³/mol. The van der Waals surface area contributed by atoms with E-state index in [1.54, 1.807) is 45.0 Å². The summed E-state index contributed by atoms with van der Waals surface area (Å²) in [5, 5.41) is 0. The zero-order valence-electron chi connectivity index (χ0n) is 21.8. The molecule has 2 rings (SSSR count). The van der Waals surface area contributed by atoms with Crippen molar-refractivity contribution in [3.63, 3.8) is 0 Å². The molecule has 8 nitrogen and oxygen atoms in total. The molecule has 2 unspecified atom stereocenters. The molecule has 190 valence electrons. The molecule has 1 aliphatic rings. The van der Waals surface area contributed by atoms with E-state index < -0.39 is 11.6 Å². The third-order valence-corrected chi connectivity index (χ3v) is 5.79. The molecule has 0 saturated carbocycles. The molecule has 0 radical (unpaired) electrons. The SMILES string of the molecule is CC1CCCC(C)N1C(=O)COc1ccc(C(=O)N(CCN(C)C)CC(=O)OC(C)(C)C)cc1. The number of carbonyl (C=O) groups excluding carboxylic acids is 3. The van der Waals surface area contributed by atoms with Crippen LogP contribution in [0.3, 0.4) is 0 Å². The van der Waals surface area contributed by atoms with Crippen LogP contribution in [0.5, 0.6) is 5.75 Å². The highest BCUT2D eigenvalue weighted by atomic mass is 16.6. The number of hydrogen-bond acceptors (Lipinski definition) is 6. The molecule has 0 bridgehead atoms. The first-order chi connectivity index (χ1) is 15.9. The van der Waals surface area contributed by atoms with Crippen LogP contribution in [0.15, 0.2) is 24.3 Å². The summed E-state index contributed by atoms with van der Waals surface area (Å²) in [7, 11) is 3.82. The molecule has 1 saturated heterocycles. The van der Waals surface area contributed by atoms with Crippen LogP contribution in [0.2, 0.25) is 0 Å². The van der Waals surface area contributed by atoms with Crippen LogP contribution in [0.25, 0.3) is 0 Å². The van der Waals surface area contributed by atoms with E-state index in [0.29, 0.717) is 24.4 Å². The van der Waals surface area contributed by atoms with E-state index in [2.05, 4.69) is 13.8 Å². The number of piperidine rings is 1. The first-order valence-electron chi connectivity index (χ1n) is 12.1. The van der Waals surface area contributed by atoms with E-state index in [4.69, 9.17) is 9.47 Å². The summed E-state index contributed by atoms with van der Waals surface area (Å²) < 4.78 is 11.1. The lowest BCUT2D eigenvalue weighted by atomic mass is 9.97. The summed E-state index contributed by atoms with van der Waals surface area (Å²) in [6, 6.07) is 7.12. The fraction of sp³-hybridized carbons (Fsp3) is 0.654. The number of amides is 2. The third-order valence-electron chi connectivity index (χ3n) is 5.79. The topological polar surface area (TPSA) is 79.4 Å². The number of hydrogen-bond donors (Lipinski definition) is 0. The van der Waals surface area contributed by atoms with E-state index in [1.807, 2.05) is 23.9 Å². The number of carbonyl (C=O) groups is 3. The Kier molecular flexibility index (Phi) is 9.91. The predicted octanol–water partition coefficient (Wildman–Crippen LogP) is 3.20. The molecule has 0 aliphatic carbocycles. The van der Waals surface area contributed by atoms with Crippen LogP contribution in [-0.2, 0) is 14.3 Å². The number of nitrogens with zero attached hydrogens (tertiary/aromatic N) is 3. The van der Waals surface area contributed by atoms with Gasteiger partial charge in [0, 0.05) is 30.7 Å². The van der Waals surface area contributed by atoms with Crippen molar-refractivity contribution in [1.29, 1.82) is 0 Å². The normalized spacial score (nSPS) is 18.5.